The fraction of sp³-hybridized carbons (Fsp3) is 0. The third-order valence-electron chi connectivity index (χ3n) is 13.4. The van der Waals surface area contributed by atoms with E-state index in [1.165, 1.54) is 64.9 Å². The Morgan fingerprint density at radius 1 is 0.281 bits per heavy atom. The van der Waals surface area contributed by atoms with Gasteiger partial charge in [0, 0.05) is 61.1 Å². The Morgan fingerprint density at radius 2 is 0.797 bits per heavy atom. The van der Waals surface area contributed by atoms with Crippen LogP contribution in [0.5, 0.6) is 0 Å². The summed E-state index contributed by atoms with van der Waals surface area (Å²) in [4.78, 5) is 2.44. The van der Waals surface area contributed by atoms with Crippen LogP contribution in [0.1, 0.15) is 0 Å². The summed E-state index contributed by atoms with van der Waals surface area (Å²) in [5.74, 6) is 0. The summed E-state index contributed by atoms with van der Waals surface area (Å²) in [5, 5.41) is 14.5. The maximum absolute atomic E-state index is 6.60. The van der Waals surface area contributed by atoms with Gasteiger partial charge >= 0.3 is 0 Å². The average Bonchev–Trinajstić information content (AvgIpc) is 4.02. The van der Waals surface area contributed by atoms with Crippen molar-refractivity contribution in [2.24, 2.45) is 0 Å². The van der Waals surface area contributed by atoms with Gasteiger partial charge in [-0.05, 0) is 111 Å². The molecule has 0 saturated carbocycles. The van der Waals surface area contributed by atoms with Gasteiger partial charge in [0.05, 0.1) is 27.8 Å². The lowest BCUT2D eigenvalue weighted by Gasteiger charge is -2.27. The molecular formula is C60H37N3O. The summed E-state index contributed by atoms with van der Waals surface area (Å²) in [6.07, 6.45) is 0. The molecule has 3 aromatic heterocycles. The molecular weight excluding hydrogens is 779 g/mol. The van der Waals surface area contributed by atoms with E-state index >= 15 is 0 Å². The van der Waals surface area contributed by atoms with E-state index in [0.29, 0.717) is 0 Å². The van der Waals surface area contributed by atoms with Crippen LogP contribution in [-0.4, -0.2) is 9.13 Å². The number of hydrogen-bond acceptors (Lipinski definition) is 2. The van der Waals surface area contributed by atoms with Crippen LogP contribution in [0.3, 0.4) is 0 Å². The average molecular weight is 816 g/mol. The van der Waals surface area contributed by atoms with Crippen LogP contribution in [0.15, 0.2) is 229 Å². The second-order valence-electron chi connectivity index (χ2n) is 16.9. The van der Waals surface area contributed by atoms with Crippen molar-refractivity contribution in [2.45, 2.75) is 0 Å². The Balaban J connectivity index is 1.08. The summed E-state index contributed by atoms with van der Waals surface area (Å²) in [6.45, 7) is 0. The first-order valence-electron chi connectivity index (χ1n) is 21.9. The van der Waals surface area contributed by atoms with Crippen LogP contribution in [0.4, 0.5) is 17.1 Å². The van der Waals surface area contributed by atoms with Crippen LogP contribution < -0.4 is 4.90 Å². The summed E-state index contributed by atoms with van der Waals surface area (Å²) in [6, 6.07) is 81.6. The highest BCUT2D eigenvalue weighted by Gasteiger charge is 2.24. The molecule has 3 heterocycles. The van der Waals surface area contributed by atoms with E-state index in [1.54, 1.807) is 0 Å². The molecule has 0 unspecified atom stereocenters. The molecule has 0 fully saturated rings. The molecule has 0 aliphatic rings. The summed E-state index contributed by atoms with van der Waals surface area (Å²) in [5.41, 5.74) is 11.8. The second kappa shape index (κ2) is 13.4. The van der Waals surface area contributed by atoms with E-state index in [9.17, 15) is 0 Å². The highest BCUT2D eigenvalue weighted by Crippen LogP contribution is 2.47. The smallest absolute Gasteiger partial charge is 0.137 e. The third-order valence-corrected chi connectivity index (χ3v) is 13.4. The van der Waals surface area contributed by atoms with Gasteiger partial charge in [-0.2, -0.15) is 0 Å². The predicted octanol–water partition coefficient (Wildman–Crippen LogP) is 16.7. The van der Waals surface area contributed by atoms with Gasteiger partial charge in [0.2, 0.25) is 0 Å². The number of fused-ring (bicyclic) bond motifs is 15. The number of para-hydroxylation sites is 5. The zero-order chi connectivity index (χ0) is 41.9. The number of benzene rings is 11. The lowest BCUT2D eigenvalue weighted by molar-refractivity contribution is 0.669. The van der Waals surface area contributed by atoms with Crippen molar-refractivity contribution in [3.05, 3.63) is 224 Å². The molecule has 14 rings (SSSR count). The monoisotopic (exact) mass is 815 g/mol. The van der Waals surface area contributed by atoms with E-state index in [1.807, 2.05) is 6.07 Å². The highest BCUT2D eigenvalue weighted by atomic mass is 16.3. The molecule has 14 aromatic rings. The van der Waals surface area contributed by atoms with Crippen LogP contribution >= 0.6 is 0 Å². The van der Waals surface area contributed by atoms with E-state index in [2.05, 4.69) is 232 Å². The molecule has 0 atom stereocenters. The van der Waals surface area contributed by atoms with Crippen molar-refractivity contribution < 1.29 is 4.42 Å². The van der Waals surface area contributed by atoms with Crippen molar-refractivity contribution in [1.82, 2.24) is 9.13 Å². The van der Waals surface area contributed by atoms with Crippen molar-refractivity contribution >= 4 is 115 Å². The molecule has 0 aliphatic heterocycles. The first-order chi connectivity index (χ1) is 31.8. The first-order valence-corrected chi connectivity index (χ1v) is 21.9. The molecule has 0 aliphatic carbocycles. The molecule has 0 amide bonds. The largest absolute Gasteiger partial charge is 0.456 e. The number of nitrogens with zero attached hydrogens (tertiary/aromatic N) is 3. The van der Waals surface area contributed by atoms with Crippen LogP contribution in [-0.2, 0) is 0 Å². The SMILES string of the molecule is c1ccc(-n2c3ccccc3c3cc(-n4c5ccccc5c5cccc(N(c6ccc7c(c6)oc6ccccc67)c6ccc7c8ccccc8c8ccccc8c7c6)c54)ccc32)cc1. The predicted molar refractivity (Wildman–Crippen MR) is 270 cm³/mol. The maximum atomic E-state index is 6.60. The lowest BCUT2D eigenvalue weighted by atomic mass is 9.94. The molecule has 0 bridgehead atoms. The Morgan fingerprint density at radius 3 is 1.53 bits per heavy atom. The molecule has 11 aromatic carbocycles. The normalized spacial score (nSPS) is 12.1. The first kappa shape index (κ1) is 35.0. The number of hydrogen-bond donors (Lipinski definition) is 0. The van der Waals surface area contributed by atoms with Crippen molar-refractivity contribution in [3.8, 4) is 11.4 Å². The summed E-state index contributed by atoms with van der Waals surface area (Å²) >= 11 is 0. The van der Waals surface area contributed by atoms with Crippen molar-refractivity contribution in [2.75, 3.05) is 4.90 Å². The Hall–Kier alpha value is -8.60. The quantitative estimate of drug-likeness (QED) is 0.162. The summed E-state index contributed by atoms with van der Waals surface area (Å²) in [7, 11) is 0. The van der Waals surface area contributed by atoms with Gasteiger partial charge in [0.1, 0.15) is 11.2 Å². The standard InChI is InChI=1S/C60H37N3O/c1-2-15-38(16-3-1)62-54-25-11-9-22-48(54)53-36-40(31-34-56(53)62)63-55-26-12-8-21-47(55)51-24-14-27-57(60(51)63)61(41-30-33-50-49-23-10-13-28-58(49)64-59(50)37-41)39-29-32-46-44-19-5-4-17-42(44)43-18-6-7-20-45(43)52(46)35-39/h1-37H. The van der Waals surface area contributed by atoms with Gasteiger partial charge in [-0.1, -0.05) is 140 Å². The van der Waals surface area contributed by atoms with Gasteiger partial charge in [-0.15, -0.1) is 0 Å². The van der Waals surface area contributed by atoms with Crippen LogP contribution in [0, 0.1) is 0 Å². The number of furan rings is 1. The van der Waals surface area contributed by atoms with Crippen LogP contribution in [0.25, 0.3) is 109 Å². The lowest BCUT2D eigenvalue weighted by Crippen LogP contribution is -2.11. The van der Waals surface area contributed by atoms with Gasteiger partial charge < -0.3 is 18.5 Å². The Kier molecular flexibility index (Phi) is 7.36. The Labute approximate surface area is 367 Å². The van der Waals surface area contributed by atoms with Gasteiger partial charge in [0.15, 0.2) is 0 Å². The van der Waals surface area contributed by atoms with E-state index in [-0.39, 0.29) is 0 Å². The minimum atomic E-state index is 0.855. The zero-order valence-electron chi connectivity index (χ0n) is 34.6. The van der Waals surface area contributed by atoms with E-state index < -0.39 is 0 Å². The molecule has 298 valence electrons. The molecule has 0 N–H and O–H groups in total. The molecule has 0 saturated heterocycles. The summed E-state index contributed by atoms with van der Waals surface area (Å²) < 4.78 is 11.5. The highest BCUT2D eigenvalue weighted by molar-refractivity contribution is 6.26. The number of rotatable bonds is 5. The molecule has 4 heteroatoms. The number of aromatic nitrogens is 2. The third kappa shape index (κ3) is 4.99. The van der Waals surface area contributed by atoms with Gasteiger partial charge in [-0.3, -0.25) is 0 Å². The topological polar surface area (TPSA) is 26.2 Å². The minimum absolute atomic E-state index is 0.855. The molecule has 0 spiro atoms. The zero-order valence-corrected chi connectivity index (χ0v) is 34.6. The minimum Gasteiger partial charge on any atom is -0.456 e. The number of anilines is 3. The second-order valence-corrected chi connectivity index (χ2v) is 16.9. The molecule has 0 radical (unpaired) electrons. The maximum Gasteiger partial charge on any atom is 0.137 e. The van der Waals surface area contributed by atoms with Crippen molar-refractivity contribution in [3.63, 3.8) is 0 Å². The van der Waals surface area contributed by atoms with Gasteiger partial charge in [-0.25, -0.2) is 0 Å². The fourth-order valence-electron chi connectivity index (χ4n) is 10.7. The molecule has 4 nitrogen and oxygen atoms in total. The molecule has 64 heavy (non-hydrogen) atoms. The Bertz CT molecular complexity index is 4170. The fourth-order valence-corrected chi connectivity index (χ4v) is 10.7. The van der Waals surface area contributed by atoms with Gasteiger partial charge in [0.25, 0.3) is 0 Å². The van der Waals surface area contributed by atoms with Crippen molar-refractivity contribution in [1.29, 1.82) is 0 Å². The van der Waals surface area contributed by atoms with E-state index in [0.717, 1.165) is 61.4 Å². The van der Waals surface area contributed by atoms with Crippen LogP contribution in [0.2, 0.25) is 0 Å². The van der Waals surface area contributed by atoms with E-state index in [4.69, 9.17) is 4.42 Å².